The number of anilines is 1. The van der Waals surface area contributed by atoms with Gasteiger partial charge in [-0.25, -0.2) is 9.07 Å². The number of nitrogen functional groups attached to an aromatic ring is 1. The molecule has 0 radical (unpaired) electrons. The van der Waals surface area contributed by atoms with Gasteiger partial charge >= 0.3 is 0 Å². The van der Waals surface area contributed by atoms with Crippen molar-refractivity contribution in [3.63, 3.8) is 0 Å². The van der Waals surface area contributed by atoms with Gasteiger partial charge in [-0.2, -0.15) is 5.10 Å². The summed E-state index contributed by atoms with van der Waals surface area (Å²) in [5.41, 5.74) is 7.24. The van der Waals surface area contributed by atoms with Gasteiger partial charge in [0.1, 0.15) is 5.82 Å². The molecule has 31 heavy (non-hydrogen) atoms. The standard InChI is InChI=1S/C24H25FN4O2/c1-14-18(15-4-5-15)10-11-19-20(14)21(26)27-29(22(19)30)24(2,23(31)28-12-3-13-28)16-6-8-17(25)9-7-16/h6-11,15H,3-5,12-13H2,1-2H3,(H2,26,27). The summed E-state index contributed by atoms with van der Waals surface area (Å²) in [6.45, 7) is 4.88. The molecule has 2 fully saturated rings. The molecule has 2 heterocycles. The first-order valence-electron chi connectivity index (χ1n) is 10.7. The summed E-state index contributed by atoms with van der Waals surface area (Å²) in [5, 5.41) is 5.56. The lowest BCUT2D eigenvalue weighted by molar-refractivity contribution is -0.142. The van der Waals surface area contributed by atoms with Gasteiger partial charge in [0.2, 0.25) is 0 Å². The molecule has 1 saturated heterocycles. The maximum Gasteiger partial charge on any atom is 0.276 e. The van der Waals surface area contributed by atoms with Crippen LogP contribution in [-0.4, -0.2) is 33.7 Å². The molecule has 1 saturated carbocycles. The Kier molecular flexibility index (Phi) is 4.39. The minimum absolute atomic E-state index is 0.222. The normalized spacial score (nSPS) is 18.0. The highest BCUT2D eigenvalue weighted by atomic mass is 19.1. The molecule has 2 aliphatic rings. The quantitative estimate of drug-likeness (QED) is 0.702. The van der Waals surface area contributed by atoms with E-state index in [2.05, 4.69) is 5.10 Å². The third kappa shape index (κ3) is 2.94. The first-order valence-corrected chi connectivity index (χ1v) is 10.7. The Morgan fingerprint density at radius 3 is 2.42 bits per heavy atom. The van der Waals surface area contributed by atoms with Crippen LogP contribution in [-0.2, 0) is 10.3 Å². The monoisotopic (exact) mass is 420 g/mol. The second kappa shape index (κ2) is 6.90. The molecule has 0 spiro atoms. The summed E-state index contributed by atoms with van der Waals surface area (Å²) in [5.74, 6) is 0.0807. The third-order valence-corrected chi connectivity index (χ3v) is 6.80. The summed E-state index contributed by atoms with van der Waals surface area (Å²) in [6, 6.07) is 9.43. The van der Waals surface area contributed by atoms with Crippen LogP contribution in [0.15, 0.2) is 41.2 Å². The first-order chi connectivity index (χ1) is 14.8. The number of fused-ring (bicyclic) bond motifs is 1. The van der Waals surface area contributed by atoms with Crippen molar-refractivity contribution in [2.45, 2.75) is 44.6 Å². The molecule has 1 unspecified atom stereocenters. The Bertz CT molecular complexity index is 1260. The van der Waals surface area contributed by atoms with E-state index in [1.165, 1.54) is 34.5 Å². The number of carbonyl (C=O) groups excluding carboxylic acids is 1. The van der Waals surface area contributed by atoms with Crippen molar-refractivity contribution in [1.29, 1.82) is 0 Å². The van der Waals surface area contributed by atoms with Gasteiger partial charge in [0, 0.05) is 18.5 Å². The molecule has 1 amide bonds. The molecular weight excluding hydrogens is 395 g/mol. The summed E-state index contributed by atoms with van der Waals surface area (Å²) in [7, 11) is 0. The lowest BCUT2D eigenvalue weighted by atomic mass is 9.88. The van der Waals surface area contributed by atoms with Gasteiger partial charge in [0.15, 0.2) is 11.4 Å². The number of nitrogens with zero attached hydrogens (tertiary/aromatic N) is 3. The summed E-state index contributed by atoms with van der Waals surface area (Å²) in [4.78, 5) is 28.9. The van der Waals surface area contributed by atoms with Gasteiger partial charge in [-0.05, 0) is 73.9 Å². The SMILES string of the molecule is Cc1c(C2CC2)ccc2c(=O)n(C(C)(C(=O)N3CCC3)c3ccc(F)cc3)nc(N)c12. The zero-order valence-electron chi connectivity index (χ0n) is 17.7. The highest BCUT2D eigenvalue weighted by Crippen LogP contribution is 2.43. The Balaban J connectivity index is 1.76. The Morgan fingerprint density at radius 1 is 1.16 bits per heavy atom. The number of benzene rings is 2. The Labute approximate surface area is 179 Å². The number of carbonyl (C=O) groups is 1. The van der Waals surface area contributed by atoms with Crippen LogP contribution in [0.25, 0.3) is 10.8 Å². The predicted octanol–water partition coefficient (Wildman–Crippen LogP) is 3.30. The van der Waals surface area contributed by atoms with Crippen LogP contribution in [0.5, 0.6) is 0 Å². The molecule has 1 aromatic heterocycles. The number of hydrogen-bond acceptors (Lipinski definition) is 4. The molecule has 5 rings (SSSR count). The van der Waals surface area contributed by atoms with Crippen molar-refractivity contribution in [3.05, 3.63) is 69.3 Å². The van der Waals surface area contributed by atoms with Crippen LogP contribution in [0.4, 0.5) is 10.2 Å². The molecule has 6 nitrogen and oxygen atoms in total. The Morgan fingerprint density at radius 2 is 1.84 bits per heavy atom. The summed E-state index contributed by atoms with van der Waals surface area (Å²) < 4.78 is 14.8. The van der Waals surface area contributed by atoms with Crippen LogP contribution < -0.4 is 11.3 Å². The van der Waals surface area contributed by atoms with Crippen molar-refractivity contribution in [1.82, 2.24) is 14.7 Å². The van der Waals surface area contributed by atoms with Crippen LogP contribution >= 0.6 is 0 Å². The van der Waals surface area contributed by atoms with Gasteiger partial charge in [-0.15, -0.1) is 0 Å². The number of likely N-dealkylation sites (tertiary alicyclic amines) is 1. The fraction of sp³-hybridized carbons (Fsp3) is 0.375. The van der Waals surface area contributed by atoms with Crippen molar-refractivity contribution < 1.29 is 9.18 Å². The second-order valence-corrected chi connectivity index (χ2v) is 8.80. The van der Waals surface area contributed by atoms with Gasteiger partial charge < -0.3 is 10.6 Å². The van der Waals surface area contributed by atoms with E-state index in [4.69, 9.17) is 5.73 Å². The largest absolute Gasteiger partial charge is 0.382 e. The average molecular weight is 420 g/mol. The molecular formula is C24H25FN4O2. The van der Waals surface area contributed by atoms with Crippen LogP contribution in [0.1, 0.15) is 48.8 Å². The lowest BCUT2D eigenvalue weighted by Gasteiger charge is -2.39. The molecule has 3 aromatic rings. The van der Waals surface area contributed by atoms with E-state index in [0.717, 1.165) is 24.8 Å². The highest BCUT2D eigenvalue weighted by molar-refractivity contribution is 5.95. The van der Waals surface area contributed by atoms with Crippen molar-refractivity contribution >= 4 is 22.5 Å². The van der Waals surface area contributed by atoms with Crippen molar-refractivity contribution in [3.8, 4) is 0 Å². The fourth-order valence-corrected chi connectivity index (χ4v) is 4.63. The maximum absolute atomic E-state index is 13.7. The first kappa shape index (κ1) is 19.7. The third-order valence-electron chi connectivity index (χ3n) is 6.80. The molecule has 7 heteroatoms. The van der Waals surface area contributed by atoms with E-state index in [1.54, 1.807) is 17.9 Å². The van der Waals surface area contributed by atoms with Crippen LogP contribution in [0, 0.1) is 12.7 Å². The zero-order valence-corrected chi connectivity index (χ0v) is 17.7. The number of aryl methyl sites for hydroxylation is 1. The fourth-order valence-electron chi connectivity index (χ4n) is 4.63. The smallest absolute Gasteiger partial charge is 0.276 e. The number of halogens is 1. The average Bonchev–Trinajstić information content (AvgIpc) is 3.54. The minimum atomic E-state index is -1.43. The molecule has 1 aliphatic heterocycles. The van der Waals surface area contributed by atoms with Crippen molar-refractivity contribution in [2.75, 3.05) is 18.8 Å². The molecule has 2 aromatic carbocycles. The van der Waals surface area contributed by atoms with Gasteiger partial charge in [0.25, 0.3) is 11.5 Å². The second-order valence-electron chi connectivity index (χ2n) is 8.80. The van der Waals surface area contributed by atoms with Crippen LogP contribution in [0.2, 0.25) is 0 Å². The van der Waals surface area contributed by atoms with Gasteiger partial charge in [-0.1, -0.05) is 18.2 Å². The summed E-state index contributed by atoms with van der Waals surface area (Å²) >= 11 is 0. The lowest BCUT2D eigenvalue weighted by Crippen LogP contribution is -2.57. The molecule has 1 atom stereocenters. The highest BCUT2D eigenvalue weighted by Gasteiger charge is 2.44. The molecule has 160 valence electrons. The molecule has 2 N–H and O–H groups in total. The molecule has 1 aliphatic carbocycles. The van der Waals surface area contributed by atoms with E-state index >= 15 is 0 Å². The number of nitrogens with two attached hydrogens (primary N) is 1. The Hall–Kier alpha value is -3.22. The van der Waals surface area contributed by atoms with Gasteiger partial charge in [0.05, 0.1) is 5.39 Å². The predicted molar refractivity (Wildman–Crippen MR) is 117 cm³/mol. The topological polar surface area (TPSA) is 81.2 Å². The van der Waals surface area contributed by atoms with Crippen molar-refractivity contribution in [2.24, 2.45) is 0 Å². The van der Waals surface area contributed by atoms with Crippen LogP contribution in [0.3, 0.4) is 0 Å². The summed E-state index contributed by atoms with van der Waals surface area (Å²) in [6.07, 6.45) is 3.20. The molecule has 0 bridgehead atoms. The van der Waals surface area contributed by atoms with E-state index in [9.17, 15) is 14.0 Å². The number of aromatic nitrogens is 2. The van der Waals surface area contributed by atoms with Gasteiger partial charge in [-0.3, -0.25) is 9.59 Å². The maximum atomic E-state index is 13.7. The minimum Gasteiger partial charge on any atom is -0.382 e. The van der Waals surface area contributed by atoms with E-state index in [0.29, 0.717) is 35.3 Å². The number of rotatable bonds is 4. The number of amides is 1. The number of hydrogen-bond donors (Lipinski definition) is 1. The van der Waals surface area contributed by atoms with E-state index < -0.39 is 11.4 Å². The van der Waals surface area contributed by atoms with E-state index in [-0.39, 0.29) is 17.3 Å². The zero-order chi connectivity index (χ0) is 21.9. The van der Waals surface area contributed by atoms with E-state index in [1.807, 2.05) is 13.0 Å².